The number of rotatable bonds is 7. The van der Waals surface area contributed by atoms with Crippen molar-refractivity contribution in [3.8, 4) is 17.6 Å². The maximum Gasteiger partial charge on any atom is 0.282 e. The van der Waals surface area contributed by atoms with E-state index < -0.39 is 0 Å². The molecule has 3 aromatic carbocycles. The number of aryl methyl sites for hydroxylation is 1. The van der Waals surface area contributed by atoms with Crippen LogP contribution in [0.4, 0.5) is 0 Å². The molecule has 0 atom stereocenters. The van der Waals surface area contributed by atoms with Gasteiger partial charge in [-0.2, -0.15) is 15.0 Å². The first-order valence-corrected chi connectivity index (χ1v) is 11.4. The highest BCUT2D eigenvalue weighted by molar-refractivity contribution is 9.10. The van der Waals surface area contributed by atoms with Gasteiger partial charge in [-0.1, -0.05) is 47.1 Å². The van der Waals surface area contributed by atoms with Gasteiger partial charge in [0.25, 0.3) is 5.56 Å². The summed E-state index contributed by atoms with van der Waals surface area (Å²) in [5, 5.41) is 14.3. The van der Waals surface area contributed by atoms with E-state index in [1.54, 1.807) is 37.6 Å². The van der Waals surface area contributed by atoms with Gasteiger partial charge in [-0.3, -0.25) is 4.79 Å². The Kier molecular flexibility index (Phi) is 7.04. The fourth-order valence-corrected chi connectivity index (χ4v) is 3.88. The van der Waals surface area contributed by atoms with Crippen molar-refractivity contribution in [3.05, 3.63) is 98.0 Å². The second-order valence-electron chi connectivity index (χ2n) is 7.34. The minimum Gasteiger partial charge on any atom is -0.493 e. The van der Waals surface area contributed by atoms with Crippen LogP contribution in [0.15, 0.2) is 75.0 Å². The van der Waals surface area contributed by atoms with E-state index in [2.05, 4.69) is 32.1 Å². The molecule has 7 nitrogen and oxygen atoms in total. The number of hydrogen-bond donors (Lipinski definition) is 0. The van der Waals surface area contributed by atoms with E-state index in [0.29, 0.717) is 45.8 Å². The zero-order valence-electron chi connectivity index (χ0n) is 18.7. The normalized spacial score (nSPS) is 11.0. The highest BCUT2D eigenvalue weighted by Gasteiger charge is 2.13. The SMILES string of the molecule is CCc1nc2ccc(Br)cc2c(=O)n1N=Cc1cccc(OC)c1OCc1ccccc1C#N. The van der Waals surface area contributed by atoms with Crippen molar-refractivity contribution in [3.63, 3.8) is 0 Å². The zero-order chi connectivity index (χ0) is 24.1. The summed E-state index contributed by atoms with van der Waals surface area (Å²) in [5.41, 5.74) is 2.29. The Labute approximate surface area is 205 Å². The quantitative estimate of drug-likeness (QED) is 0.320. The molecule has 0 aliphatic carbocycles. The van der Waals surface area contributed by atoms with Crippen LogP contribution in [-0.4, -0.2) is 23.0 Å². The van der Waals surface area contributed by atoms with Crippen LogP contribution in [0.5, 0.6) is 11.5 Å². The van der Waals surface area contributed by atoms with E-state index in [9.17, 15) is 10.1 Å². The second-order valence-corrected chi connectivity index (χ2v) is 8.26. The van der Waals surface area contributed by atoms with Gasteiger partial charge in [0.15, 0.2) is 11.5 Å². The number of hydrogen-bond acceptors (Lipinski definition) is 6. The lowest BCUT2D eigenvalue weighted by atomic mass is 10.1. The summed E-state index contributed by atoms with van der Waals surface area (Å²) in [6.07, 6.45) is 2.09. The Bertz CT molecular complexity index is 1490. The molecule has 0 aliphatic heterocycles. The van der Waals surface area contributed by atoms with Crippen molar-refractivity contribution in [1.29, 1.82) is 5.26 Å². The molecular formula is C26H21BrN4O3. The first-order chi connectivity index (χ1) is 16.5. The van der Waals surface area contributed by atoms with Crippen molar-refractivity contribution in [2.24, 2.45) is 5.10 Å². The third-order valence-electron chi connectivity index (χ3n) is 5.24. The first kappa shape index (κ1) is 23.2. The summed E-state index contributed by atoms with van der Waals surface area (Å²) in [6.45, 7) is 2.10. The second kappa shape index (κ2) is 10.3. The van der Waals surface area contributed by atoms with Crippen LogP contribution in [0, 0.1) is 11.3 Å². The molecule has 0 spiro atoms. The van der Waals surface area contributed by atoms with E-state index >= 15 is 0 Å². The number of methoxy groups -OCH3 is 1. The Morgan fingerprint density at radius 1 is 1.18 bits per heavy atom. The molecule has 0 bridgehead atoms. The molecule has 0 fully saturated rings. The van der Waals surface area contributed by atoms with Gasteiger partial charge in [-0.15, -0.1) is 0 Å². The lowest BCUT2D eigenvalue weighted by Crippen LogP contribution is -2.22. The smallest absolute Gasteiger partial charge is 0.282 e. The molecule has 170 valence electrons. The summed E-state index contributed by atoms with van der Waals surface area (Å²) in [6, 6.07) is 20.2. The van der Waals surface area contributed by atoms with Crippen LogP contribution in [0.2, 0.25) is 0 Å². The predicted molar refractivity (Wildman–Crippen MR) is 135 cm³/mol. The number of para-hydroxylation sites is 1. The minimum absolute atomic E-state index is 0.177. The highest BCUT2D eigenvalue weighted by atomic mass is 79.9. The average Bonchev–Trinajstić information content (AvgIpc) is 2.87. The summed E-state index contributed by atoms with van der Waals surface area (Å²) in [4.78, 5) is 17.8. The molecule has 0 amide bonds. The fourth-order valence-electron chi connectivity index (χ4n) is 3.52. The number of halogens is 1. The average molecular weight is 517 g/mol. The van der Waals surface area contributed by atoms with Gasteiger partial charge in [-0.25, -0.2) is 4.98 Å². The Morgan fingerprint density at radius 2 is 2.00 bits per heavy atom. The number of benzene rings is 3. The van der Waals surface area contributed by atoms with E-state index in [4.69, 9.17) is 9.47 Å². The lowest BCUT2D eigenvalue weighted by molar-refractivity contribution is 0.284. The number of aromatic nitrogens is 2. The predicted octanol–water partition coefficient (Wildman–Crippen LogP) is 5.06. The number of nitriles is 1. The van der Waals surface area contributed by atoms with Crippen LogP contribution in [0.25, 0.3) is 10.9 Å². The van der Waals surface area contributed by atoms with Gasteiger partial charge in [0, 0.05) is 22.0 Å². The standard InChI is InChI=1S/C26H21BrN4O3/c1-3-24-30-22-12-11-20(27)13-21(22)26(32)31(24)29-15-18-9-6-10-23(33-2)25(18)34-16-19-8-5-4-7-17(19)14-28/h4-13,15H,3,16H2,1-2H3. The largest absolute Gasteiger partial charge is 0.493 e. The van der Waals surface area contributed by atoms with Crippen molar-refractivity contribution in [1.82, 2.24) is 9.66 Å². The maximum atomic E-state index is 13.2. The van der Waals surface area contributed by atoms with Crippen molar-refractivity contribution in [2.45, 2.75) is 20.0 Å². The van der Waals surface area contributed by atoms with Crippen LogP contribution in [0.1, 0.15) is 29.4 Å². The molecular weight excluding hydrogens is 496 g/mol. The molecule has 1 aromatic heterocycles. The van der Waals surface area contributed by atoms with Gasteiger partial charge in [0.2, 0.25) is 0 Å². The molecule has 0 saturated carbocycles. The molecule has 0 saturated heterocycles. The third kappa shape index (κ3) is 4.70. The van der Waals surface area contributed by atoms with E-state index in [0.717, 1.165) is 10.0 Å². The molecule has 0 aliphatic rings. The molecule has 8 heteroatoms. The van der Waals surface area contributed by atoms with Crippen LogP contribution in [-0.2, 0) is 13.0 Å². The van der Waals surface area contributed by atoms with Crippen molar-refractivity contribution < 1.29 is 9.47 Å². The van der Waals surface area contributed by atoms with E-state index in [-0.39, 0.29) is 12.2 Å². The zero-order valence-corrected chi connectivity index (χ0v) is 20.2. The summed E-state index contributed by atoms with van der Waals surface area (Å²) in [5.74, 6) is 1.52. The molecule has 0 N–H and O–H groups in total. The molecule has 34 heavy (non-hydrogen) atoms. The Morgan fingerprint density at radius 3 is 2.76 bits per heavy atom. The first-order valence-electron chi connectivity index (χ1n) is 10.6. The van der Waals surface area contributed by atoms with E-state index in [1.807, 2.05) is 43.3 Å². The van der Waals surface area contributed by atoms with Gasteiger partial charge in [0.1, 0.15) is 12.4 Å². The van der Waals surface area contributed by atoms with Gasteiger partial charge >= 0.3 is 0 Å². The number of ether oxygens (including phenoxy) is 2. The molecule has 0 radical (unpaired) electrons. The van der Waals surface area contributed by atoms with Crippen molar-refractivity contribution >= 4 is 33.0 Å². The molecule has 1 heterocycles. The Hall–Kier alpha value is -3.96. The highest BCUT2D eigenvalue weighted by Crippen LogP contribution is 2.31. The molecule has 4 rings (SSSR count). The third-order valence-corrected chi connectivity index (χ3v) is 5.74. The fraction of sp³-hybridized carbons (Fsp3) is 0.154. The van der Waals surface area contributed by atoms with Crippen LogP contribution >= 0.6 is 15.9 Å². The minimum atomic E-state index is -0.257. The van der Waals surface area contributed by atoms with Crippen molar-refractivity contribution in [2.75, 3.05) is 7.11 Å². The maximum absolute atomic E-state index is 13.2. The number of fused-ring (bicyclic) bond motifs is 1. The van der Waals surface area contributed by atoms with Crippen LogP contribution in [0.3, 0.4) is 0 Å². The van der Waals surface area contributed by atoms with Gasteiger partial charge in [0.05, 0.1) is 35.9 Å². The monoisotopic (exact) mass is 516 g/mol. The van der Waals surface area contributed by atoms with Gasteiger partial charge < -0.3 is 9.47 Å². The van der Waals surface area contributed by atoms with Gasteiger partial charge in [-0.05, 0) is 36.4 Å². The van der Waals surface area contributed by atoms with E-state index in [1.165, 1.54) is 4.68 Å². The topological polar surface area (TPSA) is 89.5 Å². The number of nitrogens with zero attached hydrogens (tertiary/aromatic N) is 4. The summed E-state index contributed by atoms with van der Waals surface area (Å²) < 4.78 is 13.7. The van der Waals surface area contributed by atoms with Crippen LogP contribution < -0.4 is 15.0 Å². The lowest BCUT2D eigenvalue weighted by Gasteiger charge is -2.14. The Balaban J connectivity index is 1.74. The molecule has 4 aromatic rings. The summed E-state index contributed by atoms with van der Waals surface area (Å²) in [7, 11) is 1.55. The molecule has 0 unspecified atom stereocenters. The summed E-state index contributed by atoms with van der Waals surface area (Å²) >= 11 is 3.41.